The summed E-state index contributed by atoms with van der Waals surface area (Å²) in [7, 11) is 0. The molecule has 0 aliphatic carbocycles. The first-order valence-corrected chi connectivity index (χ1v) is 10.2. The van der Waals surface area contributed by atoms with Crippen LogP contribution in [0.4, 0.5) is 5.69 Å². The van der Waals surface area contributed by atoms with Crippen LogP contribution in [0, 0.1) is 10.1 Å². The summed E-state index contributed by atoms with van der Waals surface area (Å²) in [6, 6.07) is 6.97. The van der Waals surface area contributed by atoms with E-state index in [4.69, 9.17) is 0 Å². The average Bonchev–Trinajstić information content (AvgIpc) is 3.16. The Morgan fingerprint density at radius 3 is 2.71 bits per heavy atom. The number of piperazine rings is 1. The molecule has 0 radical (unpaired) electrons. The SMILES string of the molecule is CC(C)n1cnnc1SCC(=O)N1CCN(Cc2cccc([N+](=O)[O-])c2)CC1. The summed E-state index contributed by atoms with van der Waals surface area (Å²) in [6.07, 6.45) is 1.68. The highest BCUT2D eigenvalue weighted by Crippen LogP contribution is 2.20. The highest BCUT2D eigenvalue weighted by Gasteiger charge is 2.22. The van der Waals surface area contributed by atoms with Crippen molar-refractivity contribution < 1.29 is 9.72 Å². The van der Waals surface area contributed by atoms with E-state index in [0.717, 1.165) is 23.8 Å². The highest BCUT2D eigenvalue weighted by molar-refractivity contribution is 7.99. The second-order valence-corrected chi connectivity index (χ2v) is 7.93. The number of aromatic nitrogens is 3. The van der Waals surface area contributed by atoms with Crippen LogP contribution in [0.5, 0.6) is 0 Å². The fourth-order valence-corrected chi connectivity index (χ4v) is 4.04. The molecular weight excluding hydrogens is 380 g/mol. The quantitative estimate of drug-likeness (QED) is 0.396. The number of nitrogens with zero attached hydrogens (tertiary/aromatic N) is 6. The van der Waals surface area contributed by atoms with Gasteiger partial charge >= 0.3 is 0 Å². The molecule has 1 saturated heterocycles. The topological polar surface area (TPSA) is 97.4 Å². The molecule has 0 saturated carbocycles. The van der Waals surface area contributed by atoms with Crippen molar-refractivity contribution in [2.24, 2.45) is 0 Å². The molecule has 1 amide bonds. The van der Waals surface area contributed by atoms with Crippen LogP contribution in [0.1, 0.15) is 25.5 Å². The molecule has 1 aromatic heterocycles. The zero-order valence-electron chi connectivity index (χ0n) is 16.0. The van der Waals surface area contributed by atoms with Gasteiger partial charge in [-0.15, -0.1) is 10.2 Å². The maximum absolute atomic E-state index is 12.5. The smallest absolute Gasteiger partial charge is 0.269 e. The minimum Gasteiger partial charge on any atom is -0.339 e. The van der Waals surface area contributed by atoms with Crippen LogP contribution in [-0.4, -0.2) is 67.3 Å². The normalized spacial score (nSPS) is 15.2. The molecule has 3 rings (SSSR count). The van der Waals surface area contributed by atoms with E-state index in [9.17, 15) is 14.9 Å². The molecule has 28 heavy (non-hydrogen) atoms. The highest BCUT2D eigenvalue weighted by atomic mass is 32.2. The van der Waals surface area contributed by atoms with Gasteiger partial charge < -0.3 is 9.47 Å². The first kappa shape index (κ1) is 20.3. The Hall–Kier alpha value is -2.46. The van der Waals surface area contributed by atoms with Gasteiger partial charge in [-0.25, -0.2) is 0 Å². The first-order valence-electron chi connectivity index (χ1n) is 9.20. The third-order valence-corrected chi connectivity index (χ3v) is 5.62. The van der Waals surface area contributed by atoms with Crippen molar-refractivity contribution >= 4 is 23.4 Å². The number of amides is 1. The van der Waals surface area contributed by atoms with Crippen molar-refractivity contribution in [2.75, 3.05) is 31.9 Å². The number of thioether (sulfide) groups is 1. The predicted octanol–water partition coefficient (Wildman–Crippen LogP) is 2.20. The van der Waals surface area contributed by atoms with Crippen LogP contribution in [-0.2, 0) is 11.3 Å². The number of hydrogen-bond donors (Lipinski definition) is 0. The summed E-state index contributed by atoms with van der Waals surface area (Å²) in [5.41, 5.74) is 1.02. The zero-order valence-corrected chi connectivity index (χ0v) is 16.8. The standard InChI is InChI=1S/C18H24N6O3S/c1-14(2)23-13-19-20-18(23)28-12-17(25)22-8-6-21(7-9-22)11-15-4-3-5-16(10-15)24(26)27/h3-5,10,13-14H,6-9,11-12H2,1-2H3. The van der Waals surface area contributed by atoms with Gasteiger partial charge in [0.1, 0.15) is 6.33 Å². The molecule has 2 aromatic rings. The zero-order chi connectivity index (χ0) is 20.1. The number of carbonyl (C=O) groups excluding carboxylic acids is 1. The third kappa shape index (κ3) is 5.08. The van der Waals surface area contributed by atoms with E-state index in [0.29, 0.717) is 25.4 Å². The Kier molecular flexibility index (Phi) is 6.63. The van der Waals surface area contributed by atoms with Crippen molar-refractivity contribution in [3.05, 3.63) is 46.3 Å². The van der Waals surface area contributed by atoms with E-state index in [1.165, 1.54) is 17.8 Å². The van der Waals surface area contributed by atoms with Gasteiger partial charge in [-0.2, -0.15) is 0 Å². The van der Waals surface area contributed by atoms with E-state index >= 15 is 0 Å². The van der Waals surface area contributed by atoms with Crippen molar-refractivity contribution in [3.63, 3.8) is 0 Å². The fourth-order valence-electron chi connectivity index (χ4n) is 3.09. The lowest BCUT2D eigenvalue weighted by molar-refractivity contribution is -0.384. The largest absolute Gasteiger partial charge is 0.339 e. The second kappa shape index (κ2) is 9.16. The van der Waals surface area contributed by atoms with E-state index in [1.807, 2.05) is 15.5 Å². The molecule has 150 valence electrons. The molecule has 2 heterocycles. The summed E-state index contributed by atoms with van der Waals surface area (Å²) in [5, 5.41) is 19.7. The van der Waals surface area contributed by atoms with Crippen molar-refractivity contribution in [3.8, 4) is 0 Å². The lowest BCUT2D eigenvalue weighted by atomic mass is 10.1. The van der Waals surface area contributed by atoms with Crippen LogP contribution in [0.25, 0.3) is 0 Å². The molecule has 0 spiro atoms. The van der Waals surface area contributed by atoms with Gasteiger partial charge in [-0.05, 0) is 19.4 Å². The van der Waals surface area contributed by atoms with Crippen LogP contribution >= 0.6 is 11.8 Å². The Balaban J connectivity index is 1.47. The Morgan fingerprint density at radius 2 is 2.04 bits per heavy atom. The monoisotopic (exact) mass is 404 g/mol. The van der Waals surface area contributed by atoms with Gasteiger partial charge in [-0.1, -0.05) is 23.9 Å². The van der Waals surface area contributed by atoms with Crippen LogP contribution < -0.4 is 0 Å². The van der Waals surface area contributed by atoms with Gasteiger partial charge in [0.25, 0.3) is 5.69 Å². The maximum Gasteiger partial charge on any atom is 0.269 e. The van der Waals surface area contributed by atoms with E-state index in [-0.39, 0.29) is 22.6 Å². The Bertz CT molecular complexity index is 832. The van der Waals surface area contributed by atoms with Crippen molar-refractivity contribution in [2.45, 2.75) is 31.6 Å². The molecule has 0 unspecified atom stereocenters. The first-order chi connectivity index (χ1) is 13.4. The van der Waals surface area contributed by atoms with Crippen LogP contribution in [0.2, 0.25) is 0 Å². The van der Waals surface area contributed by atoms with Gasteiger partial charge in [0.2, 0.25) is 5.91 Å². The van der Waals surface area contributed by atoms with Gasteiger partial charge in [-0.3, -0.25) is 19.8 Å². The third-order valence-electron chi connectivity index (χ3n) is 4.67. The van der Waals surface area contributed by atoms with E-state index in [2.05, 4.69) is 28.9 Å². The number of hydrogen-bond acceptors (Lipinski definition) is 7. The summed E-state index contributed by atoms with van der Waals surface area (Å²) in [5.74, 6) is 0.439. The van der Waals surface area contributed by atoms with Gasteiger partial charge in [0, 0.05) is 50.9 Å². The van der Waals surface area contributed by atoms with Crippen LogP contribution in [0.3, 0.4) is 0 Å². The molecule has 10 heteroatoms. The number of benzene rings is 1. The molecule has 1 aliphatic heterocycles. The molecular formula is C18H24N6O3S. The maximum atomic E-state index is 12.5. The summed E-state index contributed by atoms with van der Waals surface area (Å²) < 4.78 is 1.95. The Morgan fingerprint density at radius 1 is 1.29 bits per heavy atom. The molecule has 0 N–H and O–H groups in total. The lowest BCUT2D eigenvalue weighted by Crippen LogP contribution is -2.48. The second-order valence-electron chi connectivity index (χ2n) is 6.99. The molecule has 9 nitrogen and oxygen atoms in total. The Labute approximate surface area is 167 Å². The summed E-state index contributed by atoms with van der Waals surface area (Å²) in [4.78, 5) is 27.1. The number of non-ortho nitro benzene ring substituents is 1. The minimum absolute atomic E-state index is 0.0957. The molecule has 0 atom stereocenters. The van der Waals surface area contributed by atoms with E-state index in [1.54, 1.807) is 18.5 Å². The number of carbonyl (C=O) groups is 1. The minimum atomic E-state index is -0.377. The lowest BCUT2D eigenvalue weighted by Gasteiger charge is -2.34. The van der Waals surface area contributed by atoms with Crippen LogP contribution in [0.15, 0.2) is 35.7 Å². The summed E-state index contributed by atoms with van der Waals surface area (Å²) in [6.45, 7) is 7.57. The molecule has 1 fully saturated rings. The number of rotatable bonds is 7. The van der Waals surface area contributed by atoms with Gasteiger partial charge in [0.15, 0.2) is 5.16 Å². The fraction of sp³-hybridized carbons (Fsp3) is 0.500. The molecule has 0 bridgehead atoms. The van der Waals surface area contributed by atoms with Crippen molar-refractivity contribution in [1.82, 2.24) is 24.6 Å². The van der Waals surface area contributed by atoms with E-state index < -0.39 is 0 Å². The number of nitro groups is 1. The van der Waals surface area contributed by atoms with Gasteiger partial charge in [0.05, 0.1) is 10.7 Å². The predicted molar refractivity (Wildman–Crippen MR) is 106 cm³/mol. The van der Waals surface area contributed by atoms with Crippen molar-refractivity contribution in [1.29, 1.82) is 0 Å². The molecule has 1 aliphatic rings. The summed E-state index contributed by atoms with van der Waals surface area (Å²) >= 11 is 1.41. The molecule has 1 aromatic carbocycles. The average molecular weight is 404 g/mol. The number of nitro benzene ring substituents is 1.